The van der Waals surface area contributed by atoms with Crippen molar-refractivity contribution in [3.05, 3.63) is 66.0 Å². The average molecular weight is 506 g/mol. The van der Waals surface area contributed by atoms with E-state index < -0.39 is 35.9 Å². The molecule has 3 atom stereocenters. The van der Waals surface area contributed by atoms with E-state index >= 15 is 0 Å². The number of aromatic hydroxyl groups is 1. The normalized spacial score (nSPS) is 13.9. The number of fused-ring (bicyclic) bond motifs is 2. The predicted octanol–water partition coefficient (Wildman–Crippen LogP) is 2.18. The number of carboxylic acids is 1. The van der Waals surface area contributed by atoms with Crippen molar-refractivity contribution in [1.82, 2.24) is 20.6 Å². The number of aliphatic carboxylic acids is 1. The van der Waals surface area contributed by atoms with E-state index in [-0.39, 0.29) is 24.5 Å². The van der Waals surface area contributed by atoms with Gasteiger partial charge in [0.15, 0.2) is 0 Å². The zero-order valence-electron chi connectivity index (χ0n) is 20.6. The molecule has 0 fully saturated rings. The van der Waals surface area contributed by atoms with Crippen molar-refractivity contribution in [1.29, 1.82) is 0 Å². The van der Waals surface area contributed by atoms with Crippen LogP contribution in [0.4, 0.5) is 0 Å². The number of nitrogens with two attached hydrogens (primary N) is 1. The molecule has 194 valence electrons. The summed E-state index contributed by atoms with van der Waals surface area (Å²) in [5.41, 5.74) is 9.35. The lowest BCUT2D eigenvalue weighted by Crippen LogP contribution is -2.56. The maximum atomic E-state index is 13.1. The first-order chi connectivity index (χ1) is 17.6. The van der Waals surface area contributed by atoms with Crippen LogP contribution in [0.15, 0.2) is 54.9 Å². The molecule has 2 aromatic carbocycles. The Kier molecular flexibility index (Phi) is 7.49. The summed E-state index contributed by atoms with van der Waals surface area (Å²) in [7, 11) is 0. The minimum atomic E-state index is -1.18. The summed E-state index contributed by atoms with van der Waals surface area (Å²) in [5, 5.41) is 26.5. The number of benzene rings is 2. The lowest BCUT2D eigenvalue weighted by atomic mass is 9.99. The minimum absolute atomic E-state index is 0.0801. The van der Waals surface area contributed by atoms with Crippen LogP contribution in [0.3, 0.4) is 0 Å². The molecule has 0 saturated heterocycles. The molecule has 2 amide bonds. The second kappa shape index (κ2) is 10.8. The van der Waals surface area contributed by atoms with Gasteiger partial charge in [0.05, 0.1) is 6.04 Å². The number of H-pyrrole nitrogens is 2. The largest absolute Gasteiger partial charge is 0.508 e. The SMILES string of the molecule is CC(C)[C@H](NC(=O)[C@@H](N)Cc1c[nH]c2ccc(O)cc12)C(=O)N[C@@H](Cc1c[nH]c2ccccc12)C(=O)O. The number of para-hydroxylation sites is 1. The molecule has 10 heteroatoms. The topological polar surface area (TPSA) is 173 Å². The van der Waals surface area contributed by atoms with Crippen molar-refractivity contribution in [3.63, 3.8) is 0 Å². The van der Waals surface area contributed by atoms with Crippen LogP contribution in [-0.4, -0.2) is 56.1 Å². The summed E-state index contributed by atoms with van der Waals surface area (Å²) < 4.78 is 0. The molecule has 2 heterocycles. The number of carbonyl (C=O) groups is 3. The smallest absolute Gasteiger partial charge is 0.326 e. The summed E-state index contributed by atoms with van der Waals surface area (Å²) in [6, 6.07) is 9.27. The standard InChI is InChI=1S/C27H31N5O5/c1-14(2)24(32-25(34)20(28)9-15-12-30-22-8-7-17(33)11-19(15)22)26(35)31-23(27(36)37)10-16-13-29-21-6-4-3-5-18(16)21/h3-8,11-14,20,23-24,29-30,33H,9-10,28H2,1-2H3,(H,31,35)(H,32,34)(H,36,37)/t20-,23-,24-/m0/s1. The Hall–Kier alpha value is -4.31. The summed E-state index contributed by atoms with van der Waals surface area (Å²) in [6.45, 7) is 3.52. The highest BCUT2D eigenvalue weighted by molar-refractivity contribution is 5.93. The highest BCUT2D eigenvalue weighted by atomic mass is 16.4. The van der Waals surface area contributed by atoms with Gasteiger partial charge in [0, 0.05) is 40.6 Å². The first-order valence-electron chi connectivity index (χ1n) is 12.1. The van der Waals surface area contributed by atoms with Gasteiger partial charge >= 0.3 is 5.97 Å². The van der Waals surface area contributed by atoms with E-state index in [9.17, 15) is 24.6 Å². The second-order valence-electron chi connectivity index (χ2n) is 9.55. The Morgan fingerprint density at radius 3 is 2.22 bits per heavy atom. The van der Waals surface area contributed by atoms with Gasteiger partial charge in [-0.1, -0.05) is 32.0 Å². The molecular formula is C27H31N5O5. The van der Waals surface area contributed by atoms with E-state index in [4.69, 9.17) is 5.73 Å². The van der Waals surface area contributed by atoms with Crippen LogP contribution in [-0.2, 0) is 27.2 Å². The number of hydrogen-bond acceptors (Lipinski definition) is 5. The lowest BCUT2D eigenvalue weighted by Gasteiger charge is -2.25. The fourth-order valence-corrected chi connectivity index (χ4v) is 4.44. The van der Waals surface area contributed by atoms with E-state index in [2.05, 4.69) is 20.6 Å². The molecule has 0 bridgehead atoms. The van der Waals surface area contributed by atoms with Gasteiger partial charge in [0.1, 0.15) is 17.8 Å². The van der Waals surface area contributed by atoms with Gasteiger partial charge < -0.3 is 36.5 Å². The number of hydrogen-bond donors (Lipinski definition) is 7. The van der Waals surface area contributed by atoms with Crippen molar-refractivity contribution < 1.29 is 24.6 Å². The molecule has 4 aromatic rings. The number of phenols is 1. The average Bonchev–Trinajstić information content (AvgIpc) is 3.45. The molecular weight excluding hydrogens is 474 g/mol. The maximum Gasteiger partial charge on any atom is 0.326 e. The Balaban J connectivity index is 1.43. The Morgan fingerprint density at radius 1 is 0.892 bits per heavy atom. The number of aromatic amines is 2. The third-order valence-electron chi connectivity index (χ3n) is 6.49. The van der Waals surface area contributed by atoms with Gasteiger partial charge in [-0.2, -0.15) is 0 Å². The number of aromatic nitrogens is 2. The highest BCUT2D eigenvalue weighted by Gasteiger charge is 2.30. The zero-order chi connectivity index (χ0) is 26.7. The van der Waals surface area contributed by atoms with Crippen molar-refractivity contribution >= 4 is 39.6 Å². The molecule has 37 heavy (non-hydrogen) atoms. The molecule has 2 aromatic heterocycles. The first kappa shape index (κ1) is 25.8. The van der Waals surface area contributed by atoms with Gasteiger partial charge in [-0.3, -0.25) is 9.59 Å². The Labute approximate surface area is 213 Å². The summed E-state index contributed by atoms with van der Waals surface area (Å²) >= 11 is 0. The number of amides is 2. The molecule has 0 aliphatic heterocycles. The molecule has 0 radical (unpaired) electrons. The van der Waals surface area contributed by atoms with Crippen molar-refractivity contribution in [3.8, 4) is 5.75 Å². The zero-order valence-corrected chi connectivity index (χ0v) is 20.6. The number of carbonyl (C=O) groups excluding carboxylic acids is 2. The lowest BCUT2D eigenvalue weighted by molar-refractivity contribution is -0.142. The Bertz CT molecular complexity index is 1440. The minimum Gasteiger partial charge on any atom is -0.508 e. The van der Waals surface area contributed by atoms with Crippen molar-refractivity contribution in [2.75, 3.05) is 0 Å². The van der Waals surface area contributed by atoms with Gasteiger partial charge in [0.25, 0.3) is 0 Å². The monoisotopic (exact) mass is 505 g/mol. The van der Waals surface area contributed by atoms with Crippen molar-refractivity contribution in [2.45, 2.75) is 44.8 Å². The summed E-state index contributed by atoms with van der Waals surface area (Å²) in [5.74, 6) is -2.52. The molecule has 4 rings (SSSR count). The van der Waals surface area contributed by atoms with Gasteiger partial charge in [0.2, 0.25) is 11.8 Å². The van der Waals surface area contributed by atoms with Gasteiger partial charge in [-0.15, -0.1) is 0 Å². The fraction of sp³-hybridized carbons (Fsp3) is 0.296. The Morgan fingerprint density at radius 2 is 1.54 bits per heavy atom. The molecule has 8 N–H and O–H groups in total. The van der Waals surface area contributed by atoms with E-state index in [1.165, 1.54) is 0 Å². The van der Waals surface area contributed by atoms with Crippen LogP contribution in [0.25, 0.3) is 21.8 Å². The van der Waals surface area contributed by atoms with Crippen LogP contribution < -0.4 is 16.4 Å². The van der Waals surface area contributed by atoms with Crippen LogP contribution in [0, 0.1) is 5.92 Å². The van der Waals surface area contributed by atoms with Crippen molar-refractivity contribution in [2.24, 2.45) is 11.7 Å². The first-order valence-corrected chi connectivity index (χ1v) is 12.1. The summed E-state index contributed by atoms with van der Waals surface area (Å²) in [4.78, 5) is 44.2. The molecule has 0 unspecified atom stereocenters. The van der Waals surface area contributed by atoms with E-state index in [1.54, 1.807) is 44.4 Å². The third kappa shape index (κ3) is 5.75. The van der Waals surface area contributed by atoms with Crippen LogP contribution in [0.2, 0.25) is 0 Å². The molecule has 0 aliphatic carbocycles. The van der Waals surface area contributed by atoms with Crippen LogP contribution >= 0.6 is 0 Å². The molecule has 0 aliphatic rings. The highest BCUT2D eigenvalue weighted by Crippen LogP contribution is 2.24. The van der Waals surface area contributed by atoms with E-state index in [0.717, 1.165) is 32.9 Å². The number of nitrogens with one attached hydrogen (secondary N) is 4. The fourth-order valence-electron chi connectivity index (χ4n) is 4.44. The molecule has 0 spiro atoms. The molecule has 0 saturated carbocycles. The van der Waals surface area contributed by atoms with E-state index in [0.29, 0.717) is 0 Å². The van der Waals surface area contributed by atoms with Crippen LogP contribution in [0.1, 0.15) is 25.0 Å². The summed E-state index contributed by atoms with van der Waals surface area (Å²) in [6.07, 6.45) is 3.72. The number of rotatable bonds is 10. The maximum absolute atomic E-state index is 13.1. The quantitative estimate of drug-likeness (QED) is 0.174. The van der Waals surface area contributed by atoms with E-state index in [1.807, 2.05) is 24.3 Å². The predicted molar refractivity (Wildman–Crippen MR) is 140 cm³/mol. The number of carboxylic acid groups (broad SMARTS) is 1. The third-order valence-corrected chi connectivity index (χ3v) is 6.49. The van der Waals surface area contributed by atoms with Gasteiger partial charge in [-0.25, -0.2) is 4.79 Å². The second-order valence-corrected chi connectivity index (χ2v) is 9.55. The van der Waals surface area contributed by atoms with Crippen LogP contribution in [0.5, 0.6) is 5.75 Å². The number of phenolic OH excluding ortho intramolecular Hbond substituents is 1. The molecule has 10 nitrogen and oxygen atoms in total. The van der Waals surface area contributed by atoms with Gasteiger partial charge in [-0.05, 0) is 47.7 Å².